The predicted molar refractivity (Wildman–Crippen MR) is 119 cm³/mol. The third-order valence-corrected chi connectivity index (χ3v) is 5.69. The molecule has 30 heavy (non-hydrogen) atoms. The molecule has 0 spiro atoms. The Kier molecular flexibility index (Phi) is 5.47. The molecule has 0 N–H and O–H groups in total. The second-order valence-corrected chi connectivity index (χ2v) is 8.66. The van der Waals surface area contributed by atoms with E-state index in [4.69, 9.17) is 4.74 Å². The van der Waals surface area contributed by atoms with Crippen LogP contribution in [0.2, 0.25) is 0 Å². The number of ether oxygens (including phenoxy) is 1. The largest absolute Gasteiger partial charge is 0.447 e. The van der Waals surface area contributed by atoms with E-state index in [1.54, 1.807) is 11.8 Å². The Labute approximate surface area is 180 Å². The van der Waals surface area contributed by atoms with E-state index in [0.29, 0.717) is 16.7 Å². The van der Waals surface area contributed by atoms with Crippen molar-refractivity contribution in [1.29, 1.82) is 0 Å². The second kappa shape index (κ2) is 8.07. The average Bonchev–Trinajstić information content (AvgIpc) is 2.83. The van der Waals surface area contributed by atoms with Gasteiger partial charge in [-0.2, -0.15) is 4.98 Å². The summed E-state index contributed by atoms with van der Waals surface area (Å²) in [6.45, 7) is 9.64. The molecule has 154 valence electrons. The SMILES string of the molecule is CCSc1nnc2c(n1)OC(c1cccc(C)c1)N(C(C)=O)c1c(C)cc(C)cc1-2. The first kappa shape index (κ1) is 20.3. The highest BCUT2D eigenvalue weighted by atomic mass is 32.2. The predicted octanol–water partition coefficient (Wildman–Crippen LogP) is 5.02. The van der Waals surface area contributed by atoms with E-state index in [9.17, 15) is 4.79 Å². The zero-order valence-corrected chi connectivity index (χ0v) is 18.6. The van der Waals surface area contributed by atoms with Crippen LogP contribution in [0.4, 0.5) is 5.69 Å². The number of aryl methyl sites for hydroxylation is 3. The zero-order valence-electron chi connectivity index (χ0n) is 17.8. The standard InChI is InChI=1S/C23H24N4O2S/c1-6-30-23-24-21-19(25-26-23)18-12-14(3)10-15(4)20(18)27(16(5)28)22(29-21)17-9-7-8-13(2)11-17/h7-12,22H,6H2,1-5H3. The summed E-state index contributed by atoms with van der Waals surface area (Å²) >= 11 is 1.50. The number of hydrogen-bond acceptors (Lipinski definition) is 6. The fourth-order valence-electron chi connectivity index (χ4n) is 3.84. The summed E-state index contributed by atoms with van der Waals surface area (Å²) in [5.74, 6) is 1.11. The fourth-order valence-corrected chi connectivity index (χ4v) is 4.34. The van der Waals surface area contributed by atoms with E-state index in [1.165, 1.54) is 11.8 Å². The van der Waals surface area contributed by atoms with Crippen molar-refractivity contribution in [3.8, 4) is 17.1 Å². The van der Waals surface area contributed by atoms with Crippen molar-refractivity contribution in [2.75, 3.05) is 10.7 Å². The van der Waals surface area contributed by atoms with Gasteiger partial charge < -0.3 is 4.74 Å². The van der Waals surface area contributed by atoms with Gasteiger partial charge in [0.05, 0.1) is 5.69 Å². The molecule has 0 aliphatic carbocycles. The topological polar surface area (TPSA) is 68.2 Å². The first-order valence-electron chi connectivity index (χ1n) is 9.91. The van der Waals surface area contributed by atoms with Gasteiger partial charge in [-0.15, -0.1) is 10.2 Å². The number of carbonyl (C=O) groups excluding carboxylic acids is 1. The lowest BCUT2D eigenvalue weighted by molar-refractivity contribution is -0.118. The molecule has 0 fully saturated rings. The summed E-state index contributed by atoms with van der Waals surface area (Å²) in [6, 6.07) is 12.1. The number of amides is 1. The molecule has 2 aromatic carbocycles. The third kappa shape index (κ3) is 3.65. The first-order valence-corrected chi connectivity index (χ1v) is 10.9. The molecule has 1 aliphatic heterocycles. The average molecular weight is 421 g/mol. The van der Waals surface area contributed by atoms with Crippen LogP contribution in [0.3, 0.4) is 0 Å². The van der Waals surface area contributed by atoms with Gasteiger partial charge in [0.15, 0.2) is 5.69 Å². The summed E-state index contributed by atoms with van der Waals surface area (Å²) in [6.07, 6.45) is -0.653. The summed E-state index contributed by atoms with van der Waals surface area (Å²) < 4.78 is 6.41. The molecule has 0 saturated carbocycles. The van der Waals surface area contributed by atoms with E-state index in [-0.39, 0.29) is 5.91 Å². The van der Waals surface area contributed by atoms with Crippen molar-refractivity contribution in [2.45, 2.75) is 46.0 Å². The minimum atomic E-state index is -0.653. The molecule has 0 bridgehead atoms. The third-order valence-electron chi connectivity index (χ3n) is 4.97. The van der Waals surface area contributed by atoms with Crippen LogP contribution in [-0.2, 0) is 4.79 Å². The summed E-state index contributed by atoms with van der Waals surface area (Å²) in [4.78, 5) is 19.3. The van der Waals surface area contributed by atoms with Gasteiger partial charge in [-0.25, -0.2) is 0 Å². The number of carbonyl (C=O) groups is 1. The molecular weight excluding hydrogens is 396 g/mol. The molecule has 3 aromatic rings. The first-order chi connectivity index (χ1) is 14.4. The molecule has 0 radical (unpaired) electrons. The van der Waals surface area contributed by atoms with Crippen LogP contribution in [0.1, 0.15) is 42.3 Å². The monoisotopic (exact) mass is 420 g/mol. The molecule has 1 unspecified atom stereocenters. The van der Waals surface area contributed by atoms with E-state index in [1.807, 2.05) is 58.0 Å². The molecular formula is C23H24N4O2S. The van der Waals surface area contributed by atoms with Crippen LogP contribution in [-0.4, -0.2) is 26.8 Å². The molecule has 1 aliphatic rings. The highest BCUT2D eigenvalue weighted by Crippen LogP contribution is 2.45. The highest BCUT2D eigenvalue weighted by molar-refractivity contribution is 7.99. The van der Waals surface area contributed by atoms with Gasteiger partial charge in [0, 0.05) is 18.1 Å². The summed E-state index contributed by atoms with van der Waals surface area (Å²) in [7, 11) is 0. The van der Waals surface area contributed by atoms with Gasteiger partial charge >= 0.3 is 0 Å². The molecule has 1 atom stereocenters. The molecule has 6 nitrogen and oxygen atoms in total. The number of nitrogens with zero attached hydrogens (tertiary/aromatic N) is 4. The molecule has 1 amide bonds. The van der Waals surface area contributed by atoms with Crippen molar-refractivity contribution in [3.63, 3.8) is 0 Å². The van der Waals surface area contributed by atoms with Crippen LogP contribution in [0.25, 0.3) is 11.3 Å². The minimum Gasteiger partial charge on any atom is -0.447 e. The van der Waals surface area contributed by atoms with Crippen molar-refractivity contribution >= 4 is 23.4 Å². The Hall–Kier alpha value is -2.93. The molecule has 1 aromatic heterocycles. The van der Waals surface area contributed by atoms with Gasteiger partial charge in [0.25, 0.3) is 0 Å². The lowest BCUT2D eigenvalue weighted by atomic mass is 10.00. The lowest BCUT2D eigenvalue weighted by Crippen LogP contribution is -2.36. The van der Waals surface area contributed by atoms with E-state index in [0.717, 1.165) is 39.3 Å². The van der Waals surface area contributed by atoms with Crippen molar-refractivity contribution in [3.05, 3.63) is 58.7 Å². The number of fused-ring (bicyclic) bond motifs is 3. The molecule has 0 saturated heterocycles. The maximum atomic E-state index is 12.9. The maximum absolute atomic E-state index is 12.9. The minimum absolute atomic E-state index is 0.112. The fraction of sp³-hybridized carbons (Fsp3) is 0.304. The smallest absolute Gasteiger partial charge is 0.247 e. The van der Waals surface area contributed by atoms with Crippen molar-refractivity contribution in [2.24, 2.45) is 0 Å². The Morgan fingerprint density at radius 3 is 2.63 bits per heavy atom. The quantitative estimate of drug-likeness (QED) is 0.554. The lowest BCUT2D eigenvalue weighted by Gasteiger charge is -2.31. The van der Waals surface area contributed by atoms with Crippen molar-refractivity contribution in [1.82, 2.24) is 15.2 Å². The van der Waals surface area contributed by atoms with Crippen LogP contribution < -0.4 is 9.64 Å². The molecule has 4 rings (SSSR count). The Morgan fingerprint density at radius 1 is 1.13 bits per heavy atom. The number of anilines is 1. The highest BCUT2D eigenvalue weighted by Gasteiger charge is 2.35. The summed E-state index contributed by atoms with van der Waals surface area (Å²) in [5, 5.41) is 9.30. The number of hydrogen-bond donors (Lipinski definition) is 0. The Morgan fingerprint density at radius 2 is 1.93 bits per heavy atom. The van der Waals surface area contributed by atoms with E-state index < -0.39 is 6.23 Å². The van der Waals surface area contributed by atoms with Crippen molar-refractivity contribution < 1.29 is 9.53 Å². The Balaban J connectivity index is 2.02. The number of benzene rings is 2. The number of thioether (sulfide) groups is 1. The zero-order chi connectivity index (χ0) is 21.4. The van der Waals surface area contributed by atoms with Crippen LogP contribution in [0.15, 0.2) is 41.6 Å². The number of aromatic nitrogens is 3. The Bertz CT molecular complexity index is 1130. The van der Waals surface area contributed by atoms with Gasteiger partial charge in [0.2, 0.25) is 23.2 Å². The molecule has 7 heteroatoms. The summed E-state index contributed by atoms with van der Waals surface area (Å²) in [5.41, 5.74) is 6.16. The number of rotatable bonds is 3. The van der Waals surface area contributed by atoms with Gasteiger partial charge in [-0.3, -0.25) is 9.69 Å². The normalized spacial score (nSPS) is 15.1. The maximum Gasteiger partial charge on any atom is 0.247 e. The van der Waals surface area contributed by atoms with E-state index in [2.05, 4.69) is 21.2 Å². The van der Waals surface area contributed by atoms with Gasteiger partial charge in [-0.1, -0.05) is 60.1 Å². The van der Waals surface area contributed by atoms with Crippen LogP contribution in [0.5, 0.6) is 5.88 Å². The van der Waals surface area contributed by atoms with Gasteiger partial charge in [0.1, 0.15) is 0 Å². The van der Waals surface area contributed by atoms with Crippen LogP contribution in [0, 0.1) is 20.8 Å². The van der Waals surface area contributed by atoms with Gasteiger partial charge in [-0.05, 0) is 38.2 Å². The van der Waals surface area contributed by atoms with Crippen LogP contribution >= 0.6 is 11.8 Å². The van der Waals surface area contributed by atoms with E-state index >= 15 is 0 Å². The second-order valence-electron chi connectivity index (χ2n) is 7.43. The molecule has 2 heterocycles.